The highest BCUT2D eigenvalue weighted by atomic mass is 16.5. The van der Waals surface area contributed by atoms with Gasteiger partial charge in [0.15, 0.2) is 0 Å². The van der Waals surface area contributed by atoms with E-state index in [4.69, 9.17) is 4.74 Å². The SMILES string of the molecule is c1nc2c(c(OCC3CCNCC3)n1)CCCC2. The monoisotopic (exact) mass is 247 g/mol. The van der Waals surface area contributed by atoms with Gasteiger partial charge in [-0.25, -0.2) is 9.97 Å². The minimum absolute atomic E-state index is 0.681. The number of rotatable bonds is 3. The zero-order chi connectivity index (χ0) is 12.2. The second-order valence-corrected chi connectivity index (χ2v) is 5.32. The van der Waals surface area contributed by atoms with Crippen LogP contribution < -0.4 is 10.1 Å². The molecule has 1 fully saturated rings. The molecule has 0 radical (unpaired) electrons. The van der Waals surface area contributed by atoms with Crippen molar-refractivity contribution in [2.75, 3.05) is 19.7 Å². The molecule has 4 nitrogen and oxygen atoms in total. The third-order valence-corrected chi connectivity index (χ3v) is 4.00. The number of piperidine rings is 1. The summed E-state index contributed by atoms with van der Waals surface area (Å²) in [5, 5.41) is 3.38. The van der Waals surface area contributed by atoms with Crippen LogP contribution in [0.4, 0.5) is 0 Å². The summed E-state index contributed by atoms with van der Waals surface area (Å²) in [5.41, 5.74) is 2.47. The summed E-state index contributed by atoms with van der Waals surface area (Å²) in [6.45, 7) is 3.05. The number of hydrogen-bond acceptors (Lipinski definition) is 4. The van der Waals surface area contributed by atoms with Crippen LogP contribution in [0.5, 0.6) is 5.88 Å². The molecule has 0 atom stereocenters. The average molecular weight is 247 g/mol. The summed E-state index contributed by atoms with van der Waals surface area (Å²) < 4.78 is 5.96. The first-order valence-electron chi connectivity index (χ1n) is 7.10. The Morgan fingerprint density at radius 2 is 2.00 bits per heavy atom. The molecular formula is C14H21N3O. The predicted molar refractivity (Wildman–Crippen MR) is 69.8 cm³/mol. The van der Waals surface area contributed by atoms with Crippen LogP contribution in [0.15, 0.2) is 6.33 Å². The van der Waals surface area contributed by atoms with Gasteiger partial charge in [0.05, 0.1) is 12.3 Å². The van der Waals surface area contributed by atoms with E-state index < -0.39 is 0 Å². The van der Waals surface area contributed by atoms with Gasteiger partial charge >= 0.3 is 0 Å². The Hall–Kier alpha value is -1.16. The molecule has 1 N–H and O–H groups in total. The number of nitrogens with zero attached hydrogens (tertiary/aromatic N) is 2. The Labute approximate surface area is 108 Å². The molecule has 1 aromatic heterocycles. The van der Waals surface area contributed by atoms with Crippen LogP contribution in [-0.2, 0) is 12.8 Å². The molecule has 2 heterocycles. The second kappa shape index (κ2) is 5.65. The third kappa shape index (κ3) is 2.64. The van der Waals surface area contributed by atoms with E-state index in [0.717, 1.165) is 38.4 Å². The van der Waals surface area contributed by atoms with Crippen molar-refractivity contribution in [3.8, 4) is 5.88 Å². The molecule has 1 aliphatic carbocycles. The number of aromatic nitrogens is 2. The van der Waals surface area contributed by atoms with Gasteiger partial charge in [-0.3, -0.25) is 0 Å². The molecule has 0 aromatic carbocycles. The normalized spacial score (nSPS) is 20.4. The van der Waals surface area contributed by atoms with Crippen molar-refractivity contribution in [3.63, 3.8) is 0 Å². The van der Waals surface area contributed by atoms with Gasteiger partial charge < -0.3 is 10.1 Å². The minimum atomic E-state index is 0.681. The highest BCUT2D eigenvalue weighted by molar-refractivity contribution is 5.31. The maximum Gasteiger partial charge on any atom is 0.219 e. The van der Waals surface area contributed by atoms with Gasteiger partial charge in [-0.15, -0.1) is 0 Å². The Morgan fingerprint density at radius 1 is 1.17 bits per heavy atom. The van der Waals surface area contributed by atoms with Gasteiger partial charge in [-0.1, -0.05) is 0 Å². The summed E-state index contributed by atoms with van der Waals surface area (Å²) in [6.07, 6.45) is 8.74. The number of ether oxygens (including phenoxy) is 1. The Kier molecular flexibility index (Phi) is 3.74. The third-order valence-electron chi connectivity index (χ3n) is 4.00. The van der Waals surface area contributed by atoms with Crippen molar-refractivity contribution in [3.05, 3.63) is 17.6 Å². The average Bonchev–Trinajstić information content (AvgIpc) is 2.46. The van der Waals surface area contributed by atoms with E-state index in [1.54, 1.807) is 6.33 Å². The fourth-order valence-corrected chi connectivity index (χ4v) is 2.86. The number of nitrogens with one attached hydrogen (secondary N) is 1. The van der Waals surface area contributed by atoms with Crippen LogP contribution in [0.1, 0.15) is 36.9 Å². The molecule has 2 aliphatic rings. The second-order valence-electron chi connectivity index (χ2n) is 5.32. The Balaban J connectivity index is 1.65. The van der Waals surface area contributed by atoms with Crippen molar-refractivity contribution in [2.24, 2.45) is 5.92 Å². The van der Waals surface area contributed by atoms with Crippen molar-refractivity contribution in [1.29, 1.82) is 0 Å². The molecule has 1 saturated heterocycles. The molecule has 0 bridgehead atoms. The van der Waals surface area contributed by atoms with Crippen LogP contribution in [-0.4, -0.2) is 29.7 Å². The standard InChI is InChI=1S/C14H21N3O/c1-2-4-13-12(3-1)14(17-10-16-13)18-9-11-5-7-15-8-6-11/h10-11,15H,1-9H2. The summed E-state index contributed by atoms with van der Waals surface area (Å²) in [6, 6.07) is 0. The van der Waals surface area contributed by atoms with Gasteiger partial charge in [0.1, 0.15) is 6.33 Å². The van der Waals surface area contributed by atoms with Gasteiger partial charge in [-0.05, 0) is 57.5 Å². The molecule has 1 aliphatic heterocycles. The van der Waals surface area contributed by atoms with Crippen molar-refractivity contribution in [1.82, 2.24) is 15.3 Å². The summed E-state index contributed by atoms with van der Waals surface area (Å²) in [5.74, 6) is 1.53. The van der Waals surface area contributed by atoms with Crippen LogP contribution in [0.25, 0.3) is 0 Å². The lowest BCUT2D eigenvalue weighted by atomic mass is 9.97. The fourth-order valence-electron chi connectivity index (χ4n) is 2.86. The highest BCUT2D eigenvalue weighted by Crippen LogP contribution is 2.26. The van der Waals surface area contributed by atoms with Crippen LogP contribution in [0, 0.1) is 5.92 Å². The van der Waals surface area contributed by atoms with Gasteiger partial charge in [0, 0.05) is 5.56 Å². The molecule has 3 rings (SSSR count). The molecular weight excluding hydrogens is 226 g/mol. The lowest BCUT2D eigenvalue weighted by molar-refractivity contribution is 0.206. The zero-order valence-electron chi connectivity index (χ0n) is 10.8. The van der Waals surface area contributed by atoms with Crippen LogP contribution in [0.2, 0.25) is 0 Å². The van der Waals surface area contributed by atoms with Crippen molar-refractivity contribution in [2.45, 2.75) is 38.5 Å². The lowest BCUT2D eigenvalue weighted by Gasteiger charge is -2.23. The summed E-state index contributed by atoms with van der Waals surface area (Å²) >= 11 is 0. The maximum absolute atomic E-state index is 5.96. The van der Waals surface area contributed by atoms with Gasteiger partial charge in [-0.2, -0.15) is 0 Å². The lowest BCUT2D eigenvalue weighted by Crippen LogP contribution is -2.30. The summed E-state index contributed by atoms with van der Waals surface area (Å²) in [7, 11) is 0. The largest absolute Gasteiger partial charge is 0.477 e. The number of hydrogen-bond donors (Lipinski definition) is 1. The van der Waals surface area contributed by atoms with Crippen molar-refractivity contribution < 1.29 is 4.74 Å². The first kappa shape index (κ1) is 11.9. The minimum Gasteiger partial charge on any atom is -0.477 e. The van der Waals surface area contributed by atoms with E-state index >= 15 is 0 Å². The van der Waals surface area contributed by atoms with E-state index in [0.29, 0.717) is 5.92 Å². The first-order valence-corrected chi connectivity index (χ1v) is 7.10. The maximum atomic E-state index is 5.96. The van der Waals surface area contributed by atoms with E-state index in [1.165, 1.54) is 36.9 Å². The van der Waals surface area contributed by atoms with Crippen molar-refractivity contribution >= 4 is 0 Å². The highest BCUT2D eigenvalue weighted by Gasteiger charge is 2.18. The van der Waals surface area contributed by atoms with Crippen LogP contribution in [0.3, 0.4) is 0 Å². The summed E-state index contributed by atoms with van der Waals surface area (Å²) in [4.78, 5) is 8.70. The van der Waals surface area contributed by atoms with Gasteiger partial charge in [0.2, 0.25) is 5.88 Å². The quantitative estimate of drug-likeness (QED) is 0.883. The molecule has 0 amide bonds. The molecule has 4 heteroatoms. The van der Waals surface area contributed by atoms with Crippen LogP contribution >= 0.6 is 0 Å². The number of aryl methyl sites for hydroxylation is 1. The predicted octanol–water partition coefficient (Wildman–Crippen LogP) is 1.73. The topological polar surface area (TPSA) is 47.0 Å². The smallest absolute Gasteiger partial charge is 0.219 e. The van der Waals surface area contributed by atoms with Gasteiger partial charge in [0.25, 0.3) is 0 Å². The molecule has 0 unspecified atom stereocenters. The molecule has 18 heavy (non-hydrogen) atoms. The molecule has 98 valence electrons. The van der Waals surface area contributed by atoms with E-state index in [2.05, 4.69) is 15.3 Å². The van der Waals surface area contributed by atoms with E-state index in [1.807, 2.05) is 0 Å². The Morgan fingerprint density at radius 3 is 2.89 bits per heavy atom. The zero-order valence-corrected chi connectivity index (χ0v) is 10.8. The van der Waals surface area contributed by atoms with E-state index in [9.17, 15) is 0 Å². The molecule has 1 aromatic rings. The first-order chi connectivity index (χ1) is 8.93. The fraction of sp³-hybridized carbons (Fsp3) is 0.714. The number of fused-ring (bicyclic) bond motifs is 1. The molecule has 0 spiro atoms. The Bertz CT molecular complexity index is 402. The molecule has 0 saturated carbocycles. The van der Waals surface area contributed by atoms with E-state index in [-0.39, 0.29) is 0 Å².